The van der Waals surface area contributed by atoms with Crippen LogP contribution in [0.5, 0.6) is 0 Å². The summed E-state index contributed by atoms with van der Waals surface area (Å²) in [5.41, 5.74) is 5.60. The maximum absolute atomic E-state index is 11.8. The first-order chi connectivity index (χ1) is 7.92. The third kappa shape index (κ3) is 2.99. The third-order valence-electron chi connectivity index (χ3n) is 2.82. The van der Waals surface area contributed by atoms with E-state index in [0.717, 1.165) is 5.56 Å². The Kier molecular flexibility index (Phi) is 4.54. The molecule has 3 N–H and O–H groups in total. The van der Waals surface area contributed by atoms with Gasteiger partial charge in [-0.25, -0.2) is 0 Å². The first kappa shape index (κ1) is 14.0. The molecule has 1 atom stereocenters. The average molecular weight is 255 g/mol. The second-order valence-corrected chi connectivity index (χ2v) is 4.87. The molecule has 0 heterocycles. The van der Waals surface area contributed by atoms with E-state index in [9.17, 15) is 4.79 Å². The summed E-state index contributed by atoms with van der Waals surface area (Å²) in [4.78, 5) is 11.8. The number of hydrogen-bond acceptors (Lipinski definition) is 2. The van der Waals surface area contributed by atoms with Crippen LogP contribution in [0.1, 0.15) is 32.8 Å². The van der Waals surface area contributed by atoms with E-state index in [-0.39, 0.29) is 11.9 Å². The van der Waals surface area contributed by atoms with E-state index in [4.69, 9.17) is 17.3 Å². The largest absolute Gasteiger partial charge is 0.368 e. The van der Waals surface area contributed by atoms with E-state index in [1.165, 1.54) is 0 Å². The van der Waals surface area contributed by atoms with Gasteiger partial charge in [-0.15, -0.1) is 0 Å². The molecule has 0 aromatic heterocycles. The van der Waals surface area contributed by atoms with Gasteiger partial charge in [-0.3, -0.25) is 10.1 Å². The number of halogens is 1. The molecule has 0 spiro atoms. The van der Waals surface area contributed by atoms with Crippen molar-refractivity contribution in [3.8, 4) is 0 Å². The summed E-state index contributed by atoms with van der Waals surface area (Å²) in [6, 6.07) is 7.38. The predicted octanol–water partition coefficient (Wildman–Crippen LogP) is 2.43. The van der Waals surface area contributed by atoms with Gasteiger partial charge in [0.25, 0.3) is 0 Å². The number of nitrogens with two attached hydrogens (primary N) is 1. The van der Waals surface area contributed by atoms with Gasteiger partial charge in [0.15, 0.2) is 0 Å². The van der Waals surface area contributed by atoms with Crippen molar-refractivity contribution in [3.05, 3.63) is 34.9 Å². The number of carbonyl (C=O) groups is 1. The fraction of sp³-hybridized carbons (Fsp3) is 0.462. The molecule has 0 aliphatic rings. The van der Waals surface area contributed by atoms with Crippen molar-refractivity contribution < 1.29 is 4.79 Å². The lowest BCUT2D eigenvalue weighted by Crippen LogP contribution is -2.54. The molecule has 1 amide bonds. The van der Waals surface area contributed by atoms with Crippen molar-refractivity contribution >= 4 is 17.5 Å². The van der Waals surface area contributed by atoms with Crippen LogP contribution in [0.25, 0.3) is 0 Å². The zero-order valence-corrected chi connectivity index (χ0v) is 11.2. The smallest absolute Gasteiger partial charge is 0.242 e. The molecule has 1 rings (SSSR count). The molecule has 0 aliphatic heterocycles. The zero-order valence-electron chi connectivity index (χ0n) is 10.5. The maximum Gasteiger partial charge on any atom is 0.242 e. The van der Waals surface area contributed by atoms with Gasteiger partial charge in [-0.05, 0) is 38.0 Å². The summed E-state index contributed by atoms with van der Waals surface area (Å²) in [6.07, 6.45) is 0.599. The van der Waals surface area contributed by atoms with Crippen LogP contribution in [0.15, 0.2) is 24.3 Å². The second kappa shape index (κ2) is 5.52. The Labute approximate surface area is 107 Å². The van der Waals surface area contributed by atoms with Gasteiger partial charge in [0.2, 0.25) is 5.91 Å². The number of rotatable bonds is 5. The van der Waals surface area contributed by atoms with Gasteiger partial charge in [0, 0.05) is 11.1 Å². The fourth-order valence-electron chi connectivity index (χ4n) is 2.00. The van der Waals surface area contributed by atoms with Crippen molar-refractivity contribution in [2.45, 2.75) is 38.8 Å². The lowest BCUT2D eigenvalue weighted by atomic mass is 9.85. The van der Waals surface area contributed by atoms with Crippen molar-refractivity contribution in [2.24, 2.45) is 5.73 Å². The topological polar surface area (TPSA) is 55.1 Å². The fourth-order valence-corrected chi connectivity index (χ4v) is 2.13. The third-order valence-corrected chi connectivity index (χ3v) is 3.08. The van der Waals surface area contributed by atoms with Crippen LogP contribution in [0.4, 0.5) is 0 Å². The first-order valence-electron chi connectivity index (χ1n) is 5.76. The molecule has 4 heteroatoms. The Hall–Kier alpha value is -1.06. The number of amides is 1. The quantitative estimate of drug-likeness (QED) is 0.848. The lowest BCUT2D eigenvalue weighted by Gasteiger charge is -2.33. The van der Waals surface area contributed by atoms with Gasteiger partial charge < -0.3 is 5.73 Å². The van der Waals surface area contributed by atoms with E-state index in [1.54, 1.807) is 12.1 Å². The molecule has 0 bridgehead atoms. The SMILES string of the molecule is CCC(NC(C)C)(C(N)=O)c1ccc(Cl)cc1. The summed E-state index contributed by atoms with van der Waals surface area (Å²) >= 11 is 5.85. The minimum Gasteiger partial charge on any atom is -0.368 e. The van der Waals surface area contributed by atoms with Crippen molar-refractivity contribution in [1.82, 2.24) is 5.32 Å². The molecule has 1 aromatic carbocycles. The lowest BCUT2D eigenvalue weighted by molar-refractivity contribution is -0.125. The second-order valence-electron chi connectivity index (χ2n) is 4.43. The summed E-state index contributed by atoms with van der Waals surface area (Å²) in [6.45, 7) is 5.92. The van der Waals surface area contributed by atoms with E-state index in [1.807, 2.05) is 32.9 Å². The molecule has 3 nitrogen and oxygen atoms in total. The number of hydrogen-bond donors (Lipinski definition) is 2. The van der Waals surface area contributed by atoms with Crippen LogP contribution < -0.4 is 11.1 Å². The van der Waals surface area contributed by atoms with Crippen molar-refractivity contribution in [3.63, 3.8) is 0 Å². The number of nitrogens with one attached hydrogen (secondary N) is 1. The van der Waals surface area contributed by atoms with Gasteiger partial charge in [0.1, 0.15) is 5.54 Å². The van der Waals surface area contributed by atoms with Crippen LogP contribution in [0, 0.1) is 0 Å². The molecular formula is C13H19ClN2O. The van der Waals surface area contributed by atoms with Gasteiger partial charge in [-0.2, -0.15) is 0 Å². The molecule has 94 valence electrons. The predicted molar refractivity (Wildman–Crippen MR) is 70.9 cm³/mol. The van der Waals surface area contributed by atoms with E-state index >= 15 is 0 Å². The highest BCUT2D eigenvalue weighted by molar-refractivity contribution is 6.30. The van der Waals surface area contributed by atoms with E-state index < -0.39 is 5.54 Å². The van der Waals surface area contributed by atoms with Crippen LogP contribution in [-0.2, 0) is 10.3 Å². The number of carbonyl (C=O) groups excluding carboxylic acids is 1. The Morgan fingerprint density at radius 1 is 1.41 bits per heavy atom. The Balaban J connectivity index is 3.21. The number of benzene rings is 1. The molecule has 17 heavy (non-hydrogen) atoms. The zero-order chi connectivity index (χ0) is 13.1. The van der Waals surface area contributed by atoms with Crippen LogP contribution in [0.3, 0.4) is 0 Å². The monoisotopic (exact) mass is 254 g/mol. The molecule has 1 aromatic rings. The van der Waals surface area contributed by atoms with E-state index in [2.05, 4.69) is 5.32 Å². The molecule has 0 aliphatic carbocycles. The highest BCUT2D eigenvalue weighted by atomic mass is 35.5. The van der Waals surface area contributed by atoms with E-state index in [0.29, 0.717) is 11.4 Å². The van der Waals surface area contributed by atoms with Gasteiger partial charge in [0.05, 0.1) is 0 Å². The molecule has 0 saturated carbocycles. The minimum atomic E-state index is -0.821. The first-order valence-corrected chi connectivity index (χ1v) is 6.14. The van der Waals surface area contributed by atoms with Crippen LogP contribution in [0.2, 0.25) is 5.02 Å². The summed E-state index contributed by atoms with van der Waals surface area (Å²) in [7, 11) is 0. The molecule has 0 radical (unpaired) electrons. The van der Waals surface area contributed by atoms with Gasteiger partial charge in [-0.1, -0.05) is 30.7 Å². The van der Waals surface area contributed by atoms with Crippen molar-refractivity contribution in [1.29, 1.82) is 0 Å². The summed E-state index contributed by atoms with van der Waals surface area (Å²) in [5, 5.41) is 3.91. The van der Waals surface area contributed by atoms with Crippen LogP contribution >= 0.6 is 11.6 Å². The van der Waals surface area contributed by atoms with Crippen molar-refractivity contribution in [2.75, 3.05) is 0 Å². The van der Waals surface area contributed by atoms with Gasteiger partial charge >= 0.3 is 0 Å². The Bertz CT molecular complexity index is 389. The Morgan fingerprint density at radius 3 is 2.29 bits per heavy atom. The summed E-state index contributed by atoms with van der Waals surface area (Å²) < 4.78 is 0. The Morgan fingerprint density at radius 2 is 1.94 bits per heavy atom. The standard InChI is InChI=1S/C13H19ClN2O/c1-4-13(12(15)17,16-9(2)3)10-5-7-11(14)8-6-10/h5-9,16H,4H2,1-3H3,(H2,15,17). The van der Waals surface area contributed by atoms with Crippen LogP contribution in [-0.4, -0.2) is 11.9 Å². The molecular weight excluding hydrogens is 236 g/mol. The molecule has 0 saturated heterocycles. The highest BCUT2D eigenvalue weighted by Gasteiger charge is 2.36. The maximum atomic E-state index is 11.8. The summed E-state index contributed by atoms with van der Waals surface area (Å²) in [5.74, 6) is -0.365. The normalized spacial score (nSPS) is 14.6. The molecule has 0 fully saturated rings. The molecule has 1 unspecified atom stereocenters. The average Bonchev–Trinajstić information content (AvgIpc) is 2.26. The highest BCUT2D eigenvalue weighted by Crippen LogP contribution is 2.26. The number of primary amides is 1. The minimum absolute atomic E-state index is 0.165.